The van der Waals surface area contributed by atoms with Crippen LogP contribution in [0, 0.1) is 0 Å². The molecule has 2 heteroatoms. The predicted molar refractivity (Wildman–Crippen MR) is 57.8 cm³/mol. The molecule has 0 bridgehead atoms. The minimum Gasteiger partial charge on any atom is -0.329 e. The molecule has 1 heterocycles. The fourth-order valence-corrected chi connectivity index (χ4v) is 2.55. The molecular weight excluding hydrogens is 160 g/mol. The molecule has 0 aliphatic carbocycles. The molecule has 1 unspecified atom stereocenters. The van der Waals surface area contributed by atoms with Crippen molar-refractivity contribution in [1.29, 1.82) is 0 Å². The molecule has 1 aliphatic heterocycles. The number of nitrogens with two attached hydrogens (primary N) is 1. The Bertz CT molecular complexity index is 171. The van der Waals surface area contributed by atoms with Crippen molar-refractivity contribution in [2.24, 2.45) is 5.73 Å². The third-order valence-electron chi connectivity index (χ3n) is 3.75. The number of nitrogens with zero attached hydrogens (tertiary/aromatic N) is 1. The zero-order valence-corrected chi connectivity index (χ0v) is 9.56. The van der Waals surface area contributed by atoms with Gasteiger partial charge in [0.25, 0.3) is 0 Å². The Balaban J connectivity index is 2.80. The quantitative estimate of drug-likeness (QED) is 0.727. The molecule has 0 spiro atoms. The molecule has 1 rings (SSSR count). The number of hydrogen-bond acceptors (Lipinski definition) is 2. The molecule has 0 saturated carbocycles. The van der Waals surface area contributed by atoms with Gasteiger partial charge in [-0.1, -0.05) is 6.92 Å². The average molecular weight is 184 g/mol. The Labute approximate surface area is 82.5 Å². The van der Waals surface area contributed by atoms with Crippen molar-refractivity contribution in [3.63, 3.8) is 0 Å². The van der Waals surface area contributed by atoms with E-state index in [1.807, 2.05) is 0 Å². The molecule has 2 N–H and O–H groups in total. The largest absolute Gasteiger partial charge is 0.329 e. The molecule has 1 fully saturated rings. The van der Waals surface area contributed by atoms with E-state index in [9.17, 15) is 0 Å². The highest BCUT2D eigenvalue weighted by Gasteiger charge is 2.41. The van der Waals surface area contributed by atoms with Gasteiger partial charge in [0, 0.05) is 17.6 Å². The molecule has 0 aromatic rings. The number of likely N-dealkylation sites (tertiary alicyclic amines) is 1. The Morgan fingerprint density at radius 1 is 1.46 bits per heavy atom. The molecule has 0 radical (unpaired) electrons. The molecular formula is C11H24N2. The van der Waals surface area contributed by atoms with Crippen LogP contribution in [0.3, 0.4) is 0 Å². The first kappa shape index (κ1) is 11.0. The summed E-state index contributed by atoms with van der Waals surface area (Å²) in [7, 11) is 0. The third kappa shape index (κ3) is 1.89. The summed E-state index contributed by atoms with van der Waals surface area (Å²) in [5.74, 6) is 0. The van der Waals surface area contributed by atoms with E-state index in [0.717, 1.165) is 13.0 Å². The van der Waals surface area contributed by atoms with Crippen LogP contribution in [-0.4, -0.2) is 29.1 Å². The highest BCUT2D eigenvalue weighted by atomic mass is 15.3. The maximum Gasteiger partial charge on any atom is 0.0306 e. The van der Waals surface area contributed by atoms with Crippen molar-refractivity contribution in [3.05, 3.63) is 0 Å². The van der Waals surface area contributed by atoms with Gasteiger partial charge in [-0.25, -0.2) is 0 Å². The van der Waals surface area contributed by atoms with Gasteiger partial charge in [0.2, 0.25) is 0 Å². The summed E-state index contributed by atoms with van der Waals surface area (Å²) < 4.78 is 0. The first-order valence-corrected chi connectivity index (χ1v) is 5.44. The van der Waals surface area contributed by atoms with Crippen LogP contribution in [0.2, 0.25) is 0 Å². The minimum atomic E-state index is 0.208. The van der Waals surface area contributed by atoms with E-state index in [1.54, 1.807) is 0 Å². The summed E-state index contributed by atoms with van der Waals surface area (Å²) in [4.78, 5) is 2.60. The highest BCUT2D eigenvalue weighted by molar-refractivity contribution is 4.98. The lowest BCUT2D eigenvalue weighted by Crippen LogP contribution is -2.56. The summed E-state index contributed by atoms with van der Waals surface area (Å²) in [5, 5.41) is 0. The van der Waals surface area contributed by atoms with E-state index in [-0.39, 0.29) is 5.54 Å². The normalized spacial score (nSPS) is 27.5. The van der Waals surface area contributed by atoms with Crippen LogP contribution < -0.4 is 5.73 Å². The molecule has 0 aromatic carbocycles. The van der Waals surface area contributed by atoms with Gasteiger partial charge in [-0.2, -0.15) is 0 Å². The number of rotatable bonds is 3. The lowest BCUT2D eigenvalue weighted by molar-refractivity contribution is 0.0449. The summed E-state index contributed by atoms with van der Waals surface area (Å²) in [6.07, 6.45) is 3.78. The summed E-state index contributed by atoms with van der Waals surface area (Å²) in [5.41, 5.74) is 6.44. The smallest absolute Gasteiger partial charge is 0.0306 e. The number of hydrogen-bond donors (Lipinski definition) is 1. The van der Waals surface area contributed by atoms with E-state index in [0.29, 0.717) is 5.54 Å². The average Bonchev–Trinajstić information content (AvgIpc) is 2.44. The standard InChI is InChI=1S/C11H24N2/c1-5-11(4,9-12)13-8-6-7-10(13,2)3/h5-9,12H2,1-4H3. The van der Waals surface area contributed by atoms with Crippen molar-refractivity contribution in [2.45, 2.75) is 58.0 Å². The second-order valence-electron chi connectivity index (χ2n) is 5.12. The van der Waals surface area contributed by atoms with Gasteiger partial charge in [-0.05, 0) is 46.6 Å². The Hall–Kier alpha value is -0.0800. The van der Waals surface area contributed by atoms with Gasteiger partial charge >= 0.3 is 0 Å². The van der Waals surface area contributed by atoms with E-state index in [2.05, 4.69) is 32.6 Å². The first-order chi connectivity index (χ1) is 5.96. The minimum absolute atomic E-state index is 0.208. The van der Waals surface area contributed by atoms with Crippen LogP contribution in [0.5, 0.6) is 0 Å². The zero-order chi connectivity index (χ0) is 10.1. The third-order valence-corrected chi connectivity index (χ3v) is 3.75. The van der Waals surface area contributed by atoms with E-state index >= 15 is 0 Å². The monoisotopic (exact) mass is 184 g/mol. The van der Waals surface area contributed by atoms with Gasteiger partial charge in [0.1, 0.15) is 0 Å². The van der Waals surface area contributed by atoms with Crippen molar-refractivity contribution in [1.82, 2.24) is 4.90 Å². The van der Waals surface area contributed by atoms with Gasteiger partial charge in [0.05, 0.1) is 0 Å². The summed E-state index contributed by atoms with van der Waals surface area (Å²) >= 11 is 0. The van der Waals surface area contributed by atoms with Crippen LogP contribution in [0.4, 0.5) is 0 Å². The lowest BCUT2D eigenvalue weighted by Gasteiger charge is -2.45. The Morgan fingerprint density at radius 2 is 2.08 bits per heavy atom. The van der Waals surface area contributed by atoms with Crippen molar-refractivity contribution >= 4 is 0 Å². The van der Waals surface area contributed by atoms with Crippen LogP contribution in [0.1, 0.15) is 47.0 Å². The maximum atomic E-state index is 5.88. The second-order valence-corrected chi connectivity index (χ2v) is 5.12. The van der Waals surface area contributed by atoms with E-state index < -0.39 is 0 Å². The van der Waals surface area contributed by atoms with Crippen molar-refractivity contribution in [3.8, 4) is 0 Å². The van der Waals surface area contributed by atoms with Crippen LogP contribution >= 0.6 is 0 Å². The van der Waals surface area contributed by atoms with Gasteiger partial charge in [-0.3, -0.25) is 4.90 Å². The fraction of sp³-hybridized carbons (Fsp3) is 1.00. The predicted octanol–water partition coefficient (Wildman–Crippen LogP) is 1.99. The first-order valence-electron chi connectivity index (χ1n) is 5.44. The van der Waals surface area contributed by atoms with Crippen LogP contribution in [0.15, 0.2) is 0 Å². The van der Waals surface area contributed by atoms with Crippen LogP contribution in [-0.2, 0) is 0 Å². The zero-order valence-electron chi connectivity index (χ0n) is 9.56. The summed E-state index contributed by atoms with van der Waals surface area (Å²) in [6, 6.07) is 0. The SMILES string of the molecule is CCC(C)(CN)N1CCCC1(C)C. The Morgan fingerprint density at radius 3 is 2.38 bits per heavy atom. The molecule has 0 aromatic heterocycles. The fourth-order valence-electron chi connectivity index (χ4n) is 2.55. The lowest BCUT2D eigenvalue weighted by atomic mass is 9.91. The molecule has 1 atom stereocenters. The summed E-state index contributed by atoms with van der Waals surface area (Å²) in [6.45, 7) is 11.2. The molecule has 1 saturated heterocycles. The van der Waals surface area contributed by atoms with Crippen molar-refractivity contribution in [2.75, 3.05) is 13.1 Å². The highest BCUT2D eigenvalue weighted by Crippen LogP contribution is 2.35. The topological polar surface area (TPSA) is 29.3 Å². The van der Waals surface area contributed by atoms with Crippen molar-refractivity contribution < 1.29 is 0 Å². The van der Waals surface area contributed by atoms with E-state index in [4.69, 9.17) is 5.73 Å². The molecule has 78 valence electrons. The van der Waals surface area contributed by atoms with Crippen LogP contribution in [0.25, 0.3) is 0 Å². The van der Waals surface area contributed by atoms with Gasteiger partial charge < -0.3 is 5.73 Å². The maximum absolute atomic E-state index is 5.88. The van der Waals surface area contributed by atoms with E-state index in [1.165, 1.54) is 19.4 Å². The molecule has 2 nitrogen and oxygen atoms in total. The van der Waals surface area contributed by atoms with Gasteiger partial charge in [-0.15, -0.1) is 0 Å². The second kappa shape index (κ2) is 3.58. The molecule has 13 heavy (non-hydrogen) atoms. The van der Waals surface area contributed by atoms with Gasteiger partial charge in [0.15, 0.2) is 0 Å². The molecule has 1 aliphatic rings. The molecule has 0 amide bonds. The Kier molecular flexibility index (Phi) is 3.03.